The fraction of sp³-hybridized carbons (Fsp3) is 0.591. The van der Waals surface area contributed by atoms with Gasteiger partial charge in [0.15, 0.2) is 0 Å². The van der Waals surface area contributed by atoms with Crippen LogP contribution in [0.5, 0.6) is 0 Å². The highest BCUT2D eigenvalue weighted by Crippen LogP contribution is 2.46. The van der Waals surface area contributed by atoms with Crippen LogP contribution < -0.4 is 0 Å². The summed E-state index contributed by atoms with van der Waals surface area (Å²) >= 11 is 1.82. The van der Waals surface area contributed by atoms with Crippen LogP contribution in [0.25, 0.3) is 10.9 Å². The van der Waals surface area contributed by atoms with Gasteiger partial charge < -0.3 is 19.5 Å². The number of aromatic amines is 1. The van der Waals surface area contributed by atoms with Crippen molar-refractivity contribution < 1.29 is 9.53 Å². The first-order valence-electron chi connectivity index (χ1n) is 10.4. The number of H-pyrrole nitrogens is 1. The molecule has 6 heteroatoms. The van der Waals surface area contributed by atoms with Crippen molar-refractivity contribution in [3.05, 3.63) is 29.3 Å². The lowest BCUT2D eigenvalue weighted by atomic mass is 9.72. The average Bonchev–Trinajstić information content (AvgIpc) is 3.36. The van der Waals surface area contributed by atoms with Gasteiger partial charge in [-0.2, -0.15) is 0 Å². The van der Waals surface area contributed by atoms with E-state index in [0.29, 0.717) is 24.5 Å². The molecule has 1 aliphatic carbocycles. The van der Waals surface area contributed by atoms with E-state index in [-0.39, 0.29) is 6.09 Å². The van der Waals surface area contributed by atoms with Crippen LogP contribution >= 0.6 is 11.8 Å². The number of carbonyl (C=O) groups is 1. The molecule has 3 aliphatic rings. The Hall–Kier alpha value is -1.66. The zero-order chi connectivity index (χ0) is 19.3. The number of nitrogens with one attached hydrogen (secondary N) is 1. The monoisotopic (exact) mass is 399 g/mol. The summed E-state index contributed by atoms with van der Waals surface area (Å²) in [6.07, 6.45) is 6.45. The molecule has 1 amide bonds. The van der Waals surface area contributed by atoms with Crippen molar-refractivity contribution in [1.82, 2.24) is 14.8 Å². The Bertz CT molecular complexity index is 889. The predicted octanol–water partition coefficient (Wildman–Crippen LogP) is 4.08. The first-order valence-corrected chi connectivity index (χ1v) is 11.7. The molecule has 1 aromatic carbocycles. The van der Waals surface area contributed by atoms with Gasteiger partial charge >= 0.3 is 6.09 Å². The summed E-state index contributed by atoms with van der Waals surface area (Å²) in [4.78, 5) is 20.3. The molecule has 150 valence electrons. The van der Waals surface area contributed by atoms with Crippen LogP contribution in [0.4, 0.5) is 4.79 Å². The molecule has 1 N–H and O–H groups in total. The Morgan fingerprint density at radius 1 is 1.32 bits per heavy atom. The molecule has 5 nitrogen and oxygen atoms in total. The highest BCUT2D eigenvalue weighted by atomic mass is 32.2. The molecule has 3 atom stereocenters. The Labute approximate surface area is 170 Å². The predicted molar refractivity (Wildman–Crippen MR) is 113 cm³/mol. The summed E-state index contributed by atoms with van der Waals surface area (Å²) in [5.74, 6) is 0.907. The minimum Gasteiger partial charge on any atom is -0.449 e. The number of nitrogens with zero attached hydrogens (tertiary/aromatic N) is 2. The fourth-order valence-corrected chi connectivity index (χ4v) is 6.23. The van der Waals surface area contributed by atoms with Crippen LogP contribution in [0.2, 0.25) is 0 Å². The van der Waals surface area contributed by atoms with Crippen LogP contribution in [0.3, 0.4) is 0 Å². The van der Waals surface area contributed by atoms with Gasteiger partial charge in [-0.3, -0.25) is 0 Å². The lowest BCUT2D eigenvalue weighted by molar-refractivity contribution is 0.0498. The van der Waals surface area contributed by atoms with Crippen molar-refractivity contribution >= 4 is 28.8 Å². The molecular formula is C22H29N3O2S. The third-order valence-corrected chi connectivity index (χ3v) is 7.67. The van der Waals surface area contributed by atoms with Gasteiger partial charge in [0, 0.05) is 48.4 Å². The Kier molecular flexibility index (Phi) is 4.79. The number of carbonyl (C=O) groups excluding carboxylic acids is 1. The van der Waals surface area contributed by atoms with Crippen molar-refractivity contribution in [2.24, 2.45) is 5.92 Å². The second-order valence-corrected chi connectivity index (χ2v) is 9.41. The summed E-state index contributed by atoms with van der Waals surface area (Å²) < 4.78 is 5.71. The van der Waals surface area contributed by atoms with Crippen molar-refractivity contribution in [1.29, 1.82) is 0 Å². The Morgan fingerprint density at radius 3 is 2.93 bits per heavy atom. The minimum absolute atomic E-state index is 0.120. The van der Waals surface area contributed by atoms with Crippen molar-refractivity contribution in [2.75, 3.05) is 39.5 Å². The Morgan fingerprint density at radius 2 is 2.14 bits per heavy atom. The summed E-state index contributed by atoms with van der Waals surface area (Å²) in [5.41, 5.74) is 4.23. The first-order chi connectivity index (χ1) is 13.7. The maximum atomic E-state index is 12.3. The van der Waals surface area contributed by atoms with Crippen LogP contribution in [0, 0.1) is 5.92 Å². The molecule has 2 saturated heterocycles. The molecule has 3 heterocycles. The van der Waals surface area contributed by atoms with Gasteiger partial charge in [0.2, 0.25) is 0 Å². The number of amides is 1. The summed E-state index contributed by atoms with van der Waals surface area (Å²) in [5, 5.41) is 2.76. The van der Waals surface area contributed by atoms with Gasteiger partial charge in [0.05, 0.1) is 11.6 Å². The van der Waals surface area contributed by atoms with E-state index in [1.165, 1.54) is 27.1 Å². The fourth-order valence-electron chi connectivity index (χ4n) is 5.58. The second-order valence-electron chi connectivity index (χ2n) is 8.60. The molecule has 1 aromatic heterocycles. The maximum absolute atomic E-state index is 12.3. The molecule has 0 saturated carbocycles. The number of rotatable bonds is 3. The van der Waals surface area contributed by atoms with Gasteiger partial charge in [-0.05, 0) is 56.2 Å². The molecule has 28 heavy (non-hydrogen) atoms. The SMILES string of the molecule is CSc1[nH]c2cccc3c2c1C[C@H]1[C@H]3CC(COC(=O)N2CCCC2)CN1C. The second kappa shape index (κ2) is 7.30. The van der Waals surface area contributed by atoms with Gasteiger partial charge in [0.1, 0.15) is 0 Å². The summed E-state index contributed by atoms with van der Waals surface area (Å²) in [6, 6.07) is 7.23. The van der Waals surface area contributed by atoms with E-state index in [4.69, 9.17) is 4.74 Å². The largest absolute Gasteiger partial charge is 0.449 e. The lowest BCUT2D eigenvalue weighted by Crippen LogP contribution is -2.49. The number of ether oxygens (including phenoxy) is 1. The molecule has 0 radical (unpaired) electrons. The highest BCUT2D eigenvalue weighted by Gasteiger charge is 2.40. The number of benzene rings is 1. The molecular weight excluding hydrogens is 370 g/mol. The van der Waals surface area contributed by atoms with Crippen LogP contribution in [0.1, 0.15) is 36.3 Å². The summed E-state index contributed by atoms with van der Waals surface area (Å²) in [6.45, 7) is 3.24. The average molecular weight is 400 g/mol. The number of fused-ring (bicyclic) bond motifs is 2. The molecule has 2 aliphatic heterocycles. The quantitative estimate of drug-likeness (QED) is 0.790. The molecule has 2 fully saturated rings. The van der Waals surface area contributed by atoms with Gasteiger partial charge in [-0.15, -0.1) is 11.8 Å². The van der Waals surface area contributed by atoms with Crippen LogP contribution in [-0.2, 0) is 11.2 Å². The van der Waals surface area contributed by atoms with Crippen molar-refractivity contribution in [3.63, 3.8) is 0 Å². The standard InChI is InChI=1S/C22H29N3O2S/c1-24-12-14(13-27-22(26)25-8-3-4-9-25)10-16-15-6-5-7-18-20(15)17(11-19(16)24)21(23-18)28-2/h5-7,14,16,19,23H,3-4,8-13H2,1-2H3/t14?,16-,19-/m0/s1. The smallest absolute Gasteiger partial charge is 0.409 e. The number of hydrogen-bond acceptors (Lipinski definition) is 4. The van der Waals surface area contributed by atoms with Crippen molar-refractivity contribution in [2.45, 2.75) is 42.7 Å². The van der Waals surface area contributed by atoms with Gasteiger partial charge in [-0.1, -0.05) is 12.1 Å². The maximum Gasteiger partial charge on any atom is 0.409 e. The third kappa shape index (κ3) is 3.01. The van der Waals surface area contributed by atoms with Gasteiger partial charge in [-0.25, -0.2) is 4.79 Å². The number of likely N-dealkylation sites (tertiary alicyclic amines) is 2. The topological polar surface area (TPSA) is 48.6 Å². The lowest BCUT2D eigenvalue weighted by Gasteiger charge is -2.45. The van der Waals surface area contributed by atoms with Gasteiger partial charge in [0.25, 0.3) is 0 Å². The molecule has 1 unspecified atom stereocenters. The van der Waals surface area contributed by atoms with E-state index in [0.717, 1.165) is 45.3 Å². The zero-order valence-electron chi connectivity index (χ0n) is 16.7. The van der Waals surface area contributed by atoms with E-state index >= 15 is 0 Å². The number of aromatic nitrogens is 1. The van der Waals surface area contributed by atoms with E-state index in [9.17, 15) is 4.79 Å². The molecule has 0 spiro atoms. The van der Waals surface area contributed by atoms with E-state index in [2.05, 4.69) is 41.4 Å². The van der Waals surface area contributed by atoms with Crippen molar-refractivity contribution in [3.8, 4) is 0 Å². The molecule has 5 rings (SSSR count). The highest BCUT2D eigenvalue weighted by molar-refractivity contribution is 7.98. The van der Waals surface area contributed by atoms with E-state index in [1.54, 1.807) is 0 Å². The first kappa shape index (κ1) is 18.4. The minimum atomic E-state index is -0.120. The van der Waals surface area contributed by atoms with E-state index < -0.39 is 0 Å². The number of likely N-dealkylation sites (N-methyl/N-ethyl adjacent to an activating group) is 1. The van der Waals surface area contributed by atoms with Crippen LogP contribution in [-0.4, -0.2) is 66.5 Å². The zero-order valence-corrected chi connectivity index (χ0v) is 17.6. The van der Waals surface area contributed by atoms with E-state index in [1.807, 2.05) is 16.7 Å². The molecule has 2 aromatic rings. The Balaban J connectivity index is 1.37. The molecule has 0 bridgehead atoms. The normalized spacial score (nSPS) is 27.2. The number of thioether (sulfide) groups is 1. The van der Waals surface area contributed by atoms with Crippen LogP contribution in [0.15, 0.2) is 23.2 Å². The summed E-state index contributed by atoms with van der Waals surface area (Å²) in [7, 11) is 2.24. The third-order valence-electron chi connectivity index (χ3n) is 6.91. The number of hydrogen-bond donors (Lipinski definition) is 1. The number of piperidine rings is 1.